The molecular formula is C19H18N4O2. The first-order chi connectivity index (χ1) is 12.1. The molecule has 0 radical (unpaired) electrons. The van der Waals surface area contributed by atoms with Gasteiger partial charge in [0.15, 0.2) is 0 Å². The lowest BCUT2D eigenvalue weighted by Gasteiger charge is -2.15. The van der Waals surface area contributed by atoms with Crippen LogP contribution in [0.5, 0.6) is 0 Å². The van der Waals surface area contributed by atoms with Crippen LogP contribution in [0.15, 0.2) is 54.9 Å². The highest BCUT2D eigenvalue weighted by molar-refractivity contribution is 6.04. The highest BCUT2D eigenvalue weighted by atomic mass is 16.2. The summed E-state index contributed by atoms with van der Waals surface area (Å²) < 4.78 is 1.66. The van der Waals surface area contributed by atoms with Crippen molar-refractivity contribution >= 4 is 28.3 Å². The Bertz CT molecular complexity index is 963. The fourth-order valence-electron chi connectivity index (χ4n) is 3.19. The number of aryl methyl sites for hydroxylation is 1. The van der Waals surface area contributed by atoms with E-state index in [1.54, 1.807) is 28.0 Å². The van der Waals surface area contributed by atoms with Crippen molar-refractivity contribution in [2.75, 3.05) is 11.4 Å². The van der Waals surface area contributed by atoms with Crippen molar-refractivity contribution in [3.63, 3.8) is 0 Å². The molecule has 2 heterocycles. The molecule has 6 heteroatoms. The van der Waals surface area contributed by atoms with Gasteiger partial charge in [-0.25, -0.2) is 0 Å². The quantitative estimate of drug-likeness (QED) is 0.798. The second-order valence-corrected chi connectivity index (χ2v) is 6.24. The van der Waals surface area contributed by atoms with E-state index < -0.39 is 6.04 Å². The first-order valence-electron chi connectivity index (χ1n) is 8.21. The molecule has 0 saturated carbocycles. The van der Waals surface area contributed by atoms with Crippen molar-refractivity contribution in [1.29, 1.82) is 0 Å². The van der Waals surface area contributed by atoms with Crippen molar-refractivity contribution < 1.29 is 9.59 Å². The first-order valence-corrected chi connectivity index (χ1v) is 8.21. The van der Waals surface area contributed by atoms with Gasteiger partial charge in [0, 0.05) is 25.4 Å². The maximum absolute atomic E-state index is 12.6. The predicted molar refractivity (Wildman–Crippen MR) is 95.4 cm³/mol. The minimum absolute atomic E-state index is 0.0952. The standard InChI is InChI=1S/C19H18N4O2/c1-22-12-16(11-20-22)23-9-8-17(19(23)25)21-18(24)15-7-6-13-4-2-3-5-14(13)10-15/h2-7,10-12,17H,8-9H2,1H3,(H,21,24)/t17-/m1/s1. The molecule has 1 aliphatic rings. The van der Waals surface area contributed by atoms with E-state index in [4.69, 9.17) is 0 Å². The lowest BCUT2D eigenvalue weighted by atomic mass is 10.1. The van der Waals surface area contributed by atoms with E-state index in [1.165, 1.54) is 0 Å². The molecule has 1 aromatic heterocycles. The number of hydrogen-bond donors (Lipinski definition) is 1. The monoisotopic (exact) mass is 334 g/mol. The summed E-state index contributed by atoms with van der Waals surface area (Å²) in [5.74, 6) is -0.320. The van der Waals surface area contributed by atoms with Crippen LogP contribution in [-0.4, -0.2) is 34.2 Å². The van der Waals surface area contributed by atoms with Gasteiger partial charge >= 0.3 is 0 Å². The summed E-state index contributed by atoms with van der Waals surface area (Å²) in [4.78, 5) is 26.8. The molecule has 0 bridgehead atoms. The zero-order valence-electron chi connectivity index (χ0n) is 13.8. The Labute approximate surface area is 145 Å². The van der Waals surface area contributed by atoms with Crippen molar-refractivity contribution in [3.8, 4) is 0 Å². The molecule has 1 fully saturated rings. The lowest BCUT2D eigenvalue weighted by Crippen LogP contribution is -2.41. The van der Waals surface area contributed by atoms with Crippen LogP contribution in [0.3, 0.4) is 0 Å². The number of aromatic nitrogens is 2. The van der Waals surface area contributed by atoms with Gasteiger partial charge in [0.1, 0.15) is 6.04 Å². The summed E-state index contributed by atoms with van der Waals surface area (Å²) in [6, 6.07) is 12.9. The predicted octanol–water partition coefficient (Wildman–Crippen LogP) is 2.11. The van der Waals surface area contributed by atoms with Crippen molar-refractivity contribution in [3.05, 3.63) is 60.4 Å². The number of nitrogens with one attached hydrogen (secondary N) is 1. The molecule has 1 atom stereocenters. The molecule has 0 unspecified atom stereocenters. The Morgan fingerprint density at radius 2 is 2.00 bits per heavy atom. The number of anilines is 1. The summed E-state index contributed by atoms with van der Waals surface area (Å²) in [6.45, 7) is 0.577. The summed E-state index contributed by atoms with van der Waals surface area (Å²) >= 11 is 0. The molecule has 0 spiro atoms. The molecule has 2 amide bonds. The number of carbonyl (C=O) groups excluding carboxylic acids is 2. The van der Waals surface area contributed by atoms with Crippen LogP contribution in [-0.2, 0) is 11.8 Å². The van der Waals surface area contributed by atoms with Gasteiger partial charge in [0.25, 0.3) is 5.91 Å². The topological polar surface area (TPSA) is 67.2 Å². The summed E-state index contributed by atoms with van der Waals surface area (Å²) in [6.07, 6.45) is 4.05. The Morgan fingerprint density at radius 3 is 2.76 bits per heavy atom. The number of carbonyl (C=O) groups is 2. The van der Waals surface area contributed by atoms with E-state index in [1.807, 2.05) is 43.4 Å². The van der Waals surface area contributed by atoms with Crippen LogP contribution in [0.4, 0.5) is 5.69 Å². The van der Waals surface area contributed by atoms with E-state index in [-0.39, 0.29) is 11.8 Å². The van der Waals surface area contributed by atoms with E-state index in [2.05, 4.69) is 10.4 Å². The fraction of sp³-hybridized carbons (Fsp3) is 0.211. The first kappa shape index (κ1) is 15.4. The maximum Gasteiger partial charge on any atom is 0.251 e. The molecule has 1 aliphatic heterocycles. The zero-order chi connectivity index (χ0) is 17.4. The normalized spacial score (nSPS) is 17.2. The SMILES string of the molecule is Cn1cc(N2CC[C@@H](NC(=O)c3ccc4ccccc4c3)C2=O)cn1. The smallest absolute Gasteiger partial charge is 0.251 e. The van der Waals surface area contributed by atoms with Crippen LogP contribution in [0, 0.1) is 0 Å². The third-order valence-corrected chi connectivity index (χ3v) is 4.53. The van der Waals surface area contributed by atoms with E-state index >= 15 is 0 Å². The molecule has 2 aromatic carbocycles. The molecule has 6 nitrogen and oxygen atoms in total. The minimum atomic E-state index is -0.501. The second kappa shape index (κ2) is 6.05. The van der Waals surface area contributed by atoms with Crippen molar-refractivity contribution in [1.82, 2.24) is 15.1 Å². The van der Waals surface area contributed by atoms with Gasteiger partial charge in [-0.1, -0.05) is 30.3 Å². The highest BCUT2D eigenvalue weighted by Crippen LogP contribution is 2.21. The number of fused-ring (bicyclic) bond motifs is 1. The third kappa shape index (κ3) is 2.87. The zero-order valence-corrected chi connectivity index (χ0v) is 13.8. The molecule has 126 valence electrons. The number of rotatable bonds is 3. The average Bonchev–Trinajstić information content (AvgIpc) is 3.20. The van der Waals surface area contributed by atoms with Gasteiger partial charge in [-0.15, -0.1) is 0 Å². The average molecular weight is 334 g/mol. The van der Waals surface area contributed by atoms with E-state index in [9.17, 15) is 9.59 Å². The number of amides is 2. The molecule has 3 aromatic rings. The van der Waals surface area contributed by atoms with Gasteiger partial charge in [-0.2, -0.15) is 5.10 Å². The Kier molecular flexibility index (Phi) is 3.72. The molecule has 1 saturated heterocycles. The van der Waals surface area contributed by atoms with Crippen molar-refractivity contribution in [2.24, 2.45) is 7.05 Å². The van der Waals surface area contributed by atoms with Gasteiger partial charge in [0.2, 0.25) is 5.91 Å². The number of benzene rings is 2. The lowest BCUT2D eigenvalue weighted by molar-refractivity contribution is -0.118. The Morgan fingerprint density at radius 1 is 1.20 bits per heavy atom. The highest BCUT2D eigenvalue weighted by Gasteiger charge is 2.34. The van der Waals surface area contributed by atoms with Crippen LogP contribution < -0.4 is 10.2 Å². The molecule has 25 heavy (non-hydrogen) atoms. The number of nitrogens with zero attached hydrogens (tertiary/aromatic N) is 3. The van der Waals surface area contributed by atoms with Gasteiger partial charge in [0.05, 0.1) is 11.9 Å². The molecular weight excluding hydrogens is 316 g/mol. The number of hydrogen-bond acceptors (Lipinski definition) is 3. The molecule has 1 N–H and O–H groups in total. The largest absolute Gasteiger partial charge is 0.340 e. The second-order valence-electron chi connectivity index (χ2n) is 6.24. The Hall–Kier alpha value is -3.15. The van der Waals surface area contributed by atoms with Crippen LogP contribution in [0.25, 0.3) is 10.8 Å². The third-order valence-electron chi connectivity index (χ3n) is 4.53. The molecule has 4 rings (SSSR count). The maximum atomic E-state index is 12.6. The van der Waals surface area contributed by atoms with E-state index in [0.717, 1.165) is 16.5 Å². The van der Waals surface area contributed by atoms with Gasteiger partial charge in [-0.3, -0.25) is 14.3 Å². The Balaban J connectivity index is 1.49. The minimum Gasteiger partial charge on any atom is -0.340 e. The van der Waals surface area contributed by atoms with Gasteiger partial charge < -0.3 is 10.2 Å². The summed E-state index contributed by atoms with van der Waals surface area (Å²) in [5, 5.41) is 9.04. The van der Waals surface area contributed by atoms with E-state index in [0.29, 0.717) is 18.5 Å². The van der Waals surface area contributed by atoms with Crippen LogP contribution in [0.1, 0.15) is 16.8 Å². The summed E-state index contributed by atoms with van der Waals surface area (Å²) in [5.41, 5.74) is 1.32. The van der Waals surface area contributed by atoms with Crippen LogP contribution >= 0.6 is 0 Å². The van der Waals surface area contributed by atoms with Crippen molar-refractivity contribution in [2.45, 2.75) is 12.5 Å². The van der Waals surface area contributed by atoms with Gasteiger partial charge in [-0.05, 0) is 29.3 Å². The van der Waals surface area contributed by atoms with Crippen LogP contribution in [0.2, 0.25) is 0 Å². The summed E-state index contributed by atoms with van der Waals surface area (Å²) in [7, 11) is 1.81. The molecule has 0 aliphatic carbocycles. The fourth-order valence-corrected chi connectivity index (χ4v) is 3.19.